The van der Waals surface area contributed by atoms with Gasteiger partial charge in [0, 0.05) is 11.3 Å². The molecule has 0 radical (unpaired) electrons. The van der Waals surface area contributed by atoms with Gasteiger partial charge >= 0.3 is 5.97 Å². The lowest BCUT2D eigenvalue weighted by Gasteiger charge is -2.07. The zero-order valence-electron chi connectivity index (χ0n) is 9.72. The summed E-state index contributed by atoms with van der Waals surface area (Å²) in [5.74, 6) is -0.492. The van der Waals surface area contributed by atoms with Gasteiger partial charge in [0.05, 0.1) is 11.8 Å². The summed E-state index contributed by atoms with van der Waals surface area (Å²) in [5.41, 5.74) is 1.47. The lowest BCUT2D eigenvalue weighted by atomic mass is 10.0. The molecule has 2 aromatic heterocycles. The molecule has 3 rings (SSSR count). The third-order valence-corrected chi connectivity index (χ3v) is 2.74. The first-order valence-electron chi connectivity index (χ1n) is 5.52. The zero-order valence-corrected chi connectivity index (χ0v) is 9.72. The number of rotatable bonds is 3. The molecule has 0 aliphatic rings. The van der Waals surface area contributed by atoms with Crippen molar-refractivity contribution in [3.63, 3.8) is 0 Å². The number of aromatic carboxylic acids is 1. The second-order valence-corrected chi connectivity index (χ2v) is 3.88. The second-order valence-electron chi connectivity index (χ2n) is 3.88. The van der Waals surface area contributed by atoms with Crippen LogP contribution in [0.15, 0.2) is 53.7 Å². The van der Waals surface area contributed by atoms with E-state index in [-0.39, 0.29) is 5.56 Å². The number of aromatic nitrogens is 3. The maximum absolute atomic E-state index is 11.2. The first-order valence-corrected chi connectivity index (χ1v) is 5.52. The lowest BCUT2D eigenvalue weighted by Crippen LogP contribution is -2.01. The predicted molar refractivity (Wildman–Crippen MR) is 66.0 cm³/mol. The summed E-state index contributed by atoms with van der Waals surface area (Å²) in [4.78, 5) is 11.2. The van der Waals surface area contributed by atoms with E-state index in [0.29, 0.717) is 11.3 Å². The summed E-state index contributed by atoms with van der Waals surface area (Å²) < 4.78 is 6.97. The van der Waals surface area contributed by atoms with Gasteiger partial charge in [0.15, 0.2) is 0 Å². The number of carbonyl (C=O) groups is 1. The predicted octanol–water partition coefficient (Wildman–Crippen LogP) is 2.23. The zero-order chi connectivity index (χ0) is 13.2. The average Bonchev–Trinajstić information content (AvgIpc) is 3.11. The lowest BCUT2D eigenvalue weighted by molar-refractivity contribution is 0.0697. The molecule has 2 heterocycles. The molecule has 0 aliphatic carbocycles. The molecule has 1 aromatic carbocycles. The van der Waals surface area contributed by atoms with Crippen molar-refractivity contribution >= 4 is 5.97 Å². The fourth-order valence-corrected chi connectivity index (χ4v) is 1.85. The van der Waals surface area contributed by atoms with Crippen LogP contribution in [0.5, 0.6) is 0 Å². The third kappa shape index (κ3) is 1.99. The number of carboxylic acids is 1. The van der Waals surface area contributed by atoms with Crippen LogP contribution in [0.3, 0.4) is 0 Å². The number of hydrogen-bond donors (Lipinski definition) is 1. The minimum atomic E-state index is -0.998. The van der Waals surface area contributed by atoms with Crippen molar-refractivity contribution in [2.75, 3.05) is 0 Å². The van der Waals surface area contributed by atoms with Crippen LogP contribution in [0, 0.1) is 0 Å². The van der Waals surface area contributed by atoms with Gasteiger partial charge in [-0.1, -0.05) is 0 Å². The van der Waals surface area contributed by atoms with Crippen LogP contribution in [-0.2, 0) is 0 Å². The second kappa shape index (κ2) is 4.41. The minimum Gasteiger partial charge on any atom is -0.478 e. The van der Waals surface area contributed by atoms with Gasteiger partial charge in [0.2, 0.25) is 0 Å². The van der Waals surface area contributed by atoms with Crippen molar-refractivity contribution in [3.05, 3.63) is 54.8 Å². The fourth-order valence-electron chi connectivity index (χ4n) is 1.85. The van der Waals surface area contributed by atoms with Crippen LogP contribution in [0.25, 0.3) is 17.0 Å². The van der Waals surface area contributed by atoms with E-state index in [9.17, 15) is 9.90 Å². The highest BCUT2D eigenvalue weighted by atomic mass is 16.4. The van der Waals surface area contributed by atoms with Crippen LogP contribution >= 0.6 is 0 Å². The van der Waals surface area contributed by atoms with Crippen LogP contribution in [0.1, 0.15) is 10.4 Å². The van der Waals surface area contributed by atoms with E-state index < -0.39 is 5.97 Å². The molecule has 19 heavy (non-hydrogen) atoms. The number of hydrogen-bond acceptors (Lipinski definition) is 4. The van der Waals surface area contributed by atoms with Gasteiger partial charge in [0.25, 0.3) is 0 Å². The quantitative estimate of drug-likeness (QED) is 0.776. The third-order valence-electron chi connectivity index (χ3n) is 2.74. The maximum atomic E-state index is 11.2. The first-order chi connectivity index (χ1) is 9.25. The van der Waals surface area contributed by atoms with Gasteiger partial charge in [0.1, 0.15) is 18.4 Å². The summed E-state index contributed by atoms with van der Waals surface area (Å²) in [6, 6.07) is 8.39. The Bertz CT molecular complexity index is 703. The van der Waals surface area contributed by atoms with Gasteiger partial charge in [-0.2, -0.15) is 0 Å². The monoisotopic (exact) mass is 255 g/mol. The highest BCUT2D eigenvalue weighted by molar-refractivity contribution is 5.95. The first kappa shape index (κ1) is 11.2. The Labute approximate surface area is 107 Å². The molecule has 0 saturated heterocycles. The fraction of sp³-hybridized carbons (Fsp3) is 0. The Morgan fingerprint density at radius 2 is 2.00 bits per heavy atom. The van der Waals surface area contributed by atoms with Gasteiger partial charge < -0.3 is 9.52 Å². The number of carboxylic acid groups (broad SMARTS) is 1. The molecule has 0 unspecified atom stereocenters. The Hall–Kier alpha value is -2.89. The van der Waals surface area contributed by atoms with Crippen molar-refractivity contribution in [2.45, 2.75) is 0 Å². The summed E-state index contributed by atoms with van der Waals surface area (Å²) in [6.07, 6.45) is 4.59. The Balaban J connectivity index is 2.18. The summed E-state index contributed by atoms with van der Waals surface area (Å²) in [6.45, 7) is 0. The summed E-state index contributed by atoms with van der Waals surface area (Å²) in [5, 5.41) is 16.7. The normalized spacial score (nSPS) is 10.5. The van der Waals surface area contributed by atoms with Crippen LogP contribution in [-0.4, -0.2) is 25.8 Å². The van der Waals surface area contributed by atoms with Crippen LogP contribution in [0.2, 0.25) is 0 Å². The smallest absolute Gasteiger partial charge is 0.336 e. The van der Waals surface area contributed by atoms with Crippen molar-refractivity contribution < 1.29 is 14.3 Å². The van der Waals surface area contributed by atoms with E-state index in [1.165, 1.54) is 12.3 Å². The summed E-state index contributed by atoms with van der Waals surface area (Å²) >= 11 is 0. The molecule has 6 heteroatoms. The van der Waals surface area contributed by atoms with Gasteiger partial charge in [-0.3, -0.25) is 4.57 Å². The van der Waals surface area contributed by atoms with Gasteiger partial charge in [-0.05, 0) is 30.3 Å². The molecule has 0 fully saturated rings. The van der Waals surface area contributed by atoms with E-state index >= 15 is 0 Å². The van der Waals surface area contributed by atoms with Crippen LogP contribution < -0.4 is 0 Å². The molecular weight excluding hydrogens is 246 g/mol. The largest absolute Gasteiger partial charge is 0.478 e. The van der Waals surface area contributed by atoms with Crippen LogP contribution in [0.4, 0.5) is 0 Å². The molecule has 6 nitrogen and oxygen atoms in total. The standard InChI is InChI=1S/C13H9N3O3/c17-13(18)10-4-3-9(16-7-14-15-8-16)6-11(10)12-2-1-5-19-12/h1-8H,(H,17,18). The number of benzene rings is 1. The van der Waals surface area contributed by atoms with Gasteiger partial charge in [-0.25, -0.2) is 4.79 Å². The van der Waals surface area contributed by atoms with E-state index in [0.717, 1.165) is 5.69 Å². The van der Waals surface area contributed by atoms with E-state index in [1.807, 2.05) is 0 Å². The van der Waals surface area contributed by atoms with E-state index in [4.69, 9.17) is 4.42 Å². The highest BCUT2D eigenvalue weighted by Gasteiger charge is 2.14. The number of furan rings is 1. The summed E-state index contributed by atoms with van der Waals surface area (Å²) in [7, 11) is 0. The molecule has 94 valence electrons. The Morgan fingerprint density at radius 3 is 2.63 bits per heavy atom. The molecule has 0 aliphatic heterocycles. The molecule has 0 saturated carbocycles. The number of nitrogens with zero attached hydrogens (tertiary/aromatic N) is 3. The SMILES string of the molecule is O=C(O)c1ccc(-n2cnnc2)cc1-c1ccco1. The maximum Gasteiger partial charge on any atom is 0.336 e. The van der Waals surface area contributed by atoms with Crippen molar-refractivity contribution in [1.82, 2.24) is 14.8 Å². The van der Waals surface area contributed by atoms with Gasteiger partial charge in [-0.15, -0.1) is 10.2 Å². The molecule has 0 atom stereocenters. The molecular formula is C13H9N3O3. The van der Waals surface area contributed by atoms with Crippen molar-refractivity contribution in [2.24, 2.45) is 0 Å². The highest BCUT2D eigenvalue weighted by Crippen LogP contribution is 2.26. The average molecular weight is 255 g/mol. The molecule has 0 amide bonds. The molecule has 1 N–H and O–H groups in total. The van der Waals surface area contributed by atoms with Crippen molar-refractivity contribution in [1.29, 1.82) is 0 Å². The van der Waals surface area contributed by atoms with E-state index in [1.54, 1.807) is 41.5 Å². The minimum absolute atomic E-state index is 0.187. The molecule has 0 bridgehead atoms. The molecule has 0 spiro atoms. The Morgan fingerprint density at radius 1 is 1.21 bits per heavy atom. The molecule has 3 aromatic rings. The van der Waals surface area contributed by atoms with E-state index in [2.05, 4.69) is 10.2 Å². The Kier molecular flexibility index (Phi) is 2.60. The topological polar surface area (TPSA) is 81.1 Å². The van der Waals surface area contributed by atoms with Crippen molar-refractivity contribution in [3.8, 4) is 17.0 Å².